The minimum atomic E-state index is -0.768. The van der Waals surface area contributed by atoms with E-state index < -0.39 is 6.10 Å². The van der Waals surface area contributed by atoms with Crippen LogP contribution in [-0.2, 0) is 28.6 Å². The van der Waals surface area contributed by atoms with Gasteiger partial charge in [-0.2, -0.15) is 0 Å². The highest BCUT2D eigenvalue weighted by Gasteiger charge is 2.19. The van der Waals surface area contributed by atoms with Crippen molar-refractivity contribution in [3.63, 3.8) is 0 Å². The van der Waals surface area contributed by atoms with E-state index in [0.717, 1.165) is 64.2 Å². The second kappa shape index (κ2) is 51.8. The van der Waals surface area contributed by atoms with Crippen LogP contribution in [0.15, 0.2) is 12.2 Å². The first-order valence-electron chi connectivity index (χ1n) is 27.7. The first-order valence-corrected chi connectivity index (χ1v) is 27.7. The maximum Gasteiger partial charge on any atom is 0.306 e. The van der Waals surface area contributed by atoms with Gasteiger partial charge in [0.15, 0.2) is 6.10 Å². The second-order valence-corrected chi connectivity index (χ2v) is 18.9. The third-order valence-corrected chi connectivity index (χ3v) is 12.5. The number of allylic oxidation sites excluding steroid dienone is 2. The molecule has 0 bridgehead atoms. The molecule has 1 atom stereocenters. The molecule has 0 aliphatic heterocycles. The van der Waals surface area contributed by atoms with Crippen LogP contribution < -0.4 is 0 Å². The highest BCUT2D eigenvalue weighted by atomic mass is 16.6. The van der Waals surface area contributed by atoms with Gasteiger partial charge in [0.25, 0.3) is 0 Å². The summed E-state index contributed by atoms with van der Waals surface area (Å²) in [6.45, 7) is 6.67. The highest BCUT2D eigenvalue weighted by Crippen LogP contribution is 2.17. The predicted molar refractivity (Wildman–Crippen MR) is 266 cm³/mol. The molecule has 0 rings (SSSR count). The zero-order chi connectivity index (χ0) is 45.1. The molecule has 0 spiro atoms. The maximum absolute atomic E-state index is 12.8. The summed E-state index contributed by atoms with van der Waals surface area (Å²) in [5.41, 5.74) is 0. The normalized spacial score (nSPS) is 12.0. The molecule has 0 heterocycles. The second-order valence-electron chi connectivity index (χ2n) is 18.9. The Labute approximate surface area is 386 Å². The first-order chi connectivity index (χ1) is 30.5. The van der Waals surface area contributed by atoms with Gasteiger partial charge in [0, 0.05) is 19.3 Å². The largest absolute Gasteiger partial charge is 0.462 e. The summed E-state index contributed by atoms with van der Waals surface area (Å²) in [6.07, 6.45) is 57.6. The third kappa shape index (κ3) is 49.2. The molecule has 0 aromatic carbocycles. The fraction of sp³-hybridized carbons (Fsp3) is 0.911. The molecule has 6 nitrogen and oxygen atoms in total. The van der Waals surface area contributed by atoms with Crippen molar-refractivity contribution in [2.45, 2.75) is 316 Å². The Hall–Kier alpha value is -1.85. The van der Waals surface area contributed by atoms with Gasteiger partial charge in [-0.1, -0.05) is 258 Å². The number of unbranched alkanes of at least 4 members (excludes halogenated alkanes) is 38. The number of rotatable bonds is 51. The lowest BCUT2D eigenvalue weighted by Gasteiger charge is -2.18. The lowest BCUT2D eigenvalue weighted by Crippen LogP contribution is -2.30. The average Bonchev–Trinajstić information content (AvgIpc) is 3.27. The van der Waals surface area contributed by atoms with Crippen LogP contribution >= 0.6 is 0 Å². The van der Waals surface area contributed by atoms with Crippen molar-refractivity contribution in [1.29, 1.82) is 0 Å². The van der Waals surface area contributed by atoms with E-state index in [1.165, 1.54) is 205 Å². The summed E-state index contributed by atoms with van der Waals surface area (Å²) in [5, 5.41) is 0. The molecular weight excluding hydrogens is 769 g/mol. The van der Waals surface area contributed by atoms with Crippen molar-refractivity contribution >= 4 is 17.9 Å². The van der Waals surface area contributed by atoms with Crippen molar-refractivity contribution in [3.8, 4) is 0 Å². The Morgan fingerprint density at radius 3 is 0.806 bits per heavy atom. The van der Waals surface area contributed by atoms with Gasteiger partial charge in [0.2, 0.25) is 0 Å². The van der Waals surface area contributed by atoms with Crippen molar-refractivity contribution < 1.29 is 28.6 Å². The molecule has 366 valence electrons. The lowest BCUT2D eigenvalue weighted by atomic mass is 10.0. The Morgan fingerprint density at radius 1 is 0.306 bits per heavy atom. The quantitative estimate of drug-likeness (QED) is 0.0262. The van der Waals surface area contributed by atoms with E-state index in [0.29, 0.717) is 19.3 Å². The molecule has 1 unspecified atom stereocenters. The minimum Gasteiger partial charge on any atom is -0.462 e. The molecule has 0 aromatic rings. The summed E-state index contributed by atoms with van der Waals surface area (Å²) in [5.74, 6) is -0.855. The van der Waals surface area contributed by atoms with Gasteiger partial charge in [-0.3, -0.25) is 14.4 Å². The molecule has 62 heavy (non-hydrogen) atoms. The van der Waals surface area contributed by atoms with Crippen LogP contribution in [0.1, 0.15) is 310 Å². The molecule has 0 fully saturated rings. The van der Waals surface area contributed by atoms with E-state index in [9.17, 15) is 14.4 Å². The zero-order valence-corrected chi connectivity index (χ0v) is 41.9. The number of carbonyl (C=O) groups excluding carboxylic acids is 3. The van der Waals surface area contributed by atoms with E-state index in [-0.39, 0.29) is 31.1 Å². The maximum atomic E-state index is 12.8. The van der Waals surface area contributed by atoms with Gasteiger partial charge in [-0.15, -0.1) is 0 Å². The van der Waals surface area contributed by atoms with Gasteiger partial charge in [0.05, 0.1) is 0 Å². The van der Waals surface area contributed by atoms with Crippen LogP contribution in [0.5, 0.6) is 0 Å². The number of hydrogen-bond acceptors (Lipinski definition) is 6. The predicted octanol–water partition coefficient (Wildman–Crippen LogP) is 18.2. The summed E-state index contributed by atoms with van der Waals surface area (Å²) in [6, 6.07) is 0. The molecule has 0 aromatic heterocycles. The molecular formula is C56H106O6. The molecule has 0 saturated carbocycles. The average molecular weight is 875 g/mol. The zero-order valence-electron chi connectivity index (χ0n) is 41.9. The summed E-state index contributed by atoms with van der Waals surface area (Å²) in [4.78, 5) is 38.0. The van der Waals surface area contributed by atoms with Crippen molar-refractivity contribution in [2.24, 2.45) is 0 Å². The van der Waals surface area contributed by atoms with Gasteiger partial charge >= 0.3 is 17.9 Å². The molecule has 0 N–H and O–H groups in total. The standard InChI is InChI=1S/C56H106O6/c1-4-7-10-13-16-19-22-25-27-28-29-32-34-37-40-43-46-49-55(58)61-52-53(51-60-54(57)48-45-42-39-36-33-30-24-21-18-15-12-9-6-3)62-56(59)50-47-44-41-38-35-31-26-23-20-17-14-11-8-5-2/h23,26,53H,4-22,24-25,27-52H2,1-3H3/b26-23-. The lowest BCUT2D eigenvalue weighted by molar-refractivity contribution is -0.167. The third-order valence-electron chi connectivity index (χ3n) is 12.5. The molecule has 0 saturated heterocycles. The van der Waals surface area contributed by atoms with Crippen molar-refractivity contribution in [3.05, 3.63) is 12.2 Å². The van der Waals surface area contributed by atoms with E-state index >= 15 is 0 Å². The minimum absolute atomic E-state index is 0.0676. The Bertz CT molecular complexity index is 962. The smallest absolute Gasteiger partial charge is 0.306 e. The van der Waals surface area contributed by atoms with Gasteiger partial charge < -0.3 is 14.2 Å². The SMILES string of the molecule is CCCCCCC/C=C\CCCCCCCC(=O)OC(COC(=O)CCCCCCCCCCCCCCC)COC(=O)CCCCCCCCCCCCCCCCCCC. The fourth-order valence-corrected chi connectivity index (χ4v) is 8.32. The molecule has 6 heteroatoms. The van der Waals surface area contributed by atoms with Gasteiger partial charge in [-0.25, -0.2) is 0 Å². The number of esters is 3. The van der Waals surface area contributed by atoms with Crippen LogP contribution in [0.3, 0.4) is 0 Å². The topological polar surface area (TPSA) is 78.9 Å². The molecule has 0 aliphatic rings. The molecule has 0 aliphatic carbocycles. The van der Waals surface area contributed by atoms with Crippen molar-refractivity contribution in [2.75, 3.05) is 13.2 Å². The molecule has 0 radical (unpaired) electrons. The van der Waals surface area contributed by atoms with Crippen LogP contribution in [0.25, 0.3) is 0 Å². The number of hydrogen-bond donors (Lipinski definition) is 0. The summed E-state index contributed by atoms with van der Waals surface area (Å²) in [7, 11) is 0. The number of carbonyl (C=O) groups is 3. The fourth-order valence-electron chi connectivity index (χ4n) is 8.32. The summed E-state index contributed by atoms with van der Waals surface area (Å²) < 4.78 is 16.8. The first kappa shape index (κ1) is 60.2. The molecule has 0 amide bonds. The number of ether oxygens (including phenoxy) is 3. The van der Waals surface area contributed by atoms with Gasteiger partial charge in [0.1, 0.15) is 13.2 Å². The van der Waals surface area contributed by atoms with E-state index in [1.54, 1.807) is 0 Å². The highest BCUT2D eigenvalue weighted by molar-refractivity contribution is 5.71. The van der Waals surface area contributed by atoms with E-state index in [1.807, 2.05) is 0 Å². The van der Waals surface area contributed by atoms with E-state index in [4.69, 9.17) is 14.2 Å². The Kier molecular flexibility index (Phi) is 50.2. The monoisotopic (exact) mass is 875 g/mol. The Morgan fingerprint density at radius 2 is 0.532 bits per heavy atom. The van der Waals surface area contributed by atoms with Crippen LogP contribution in [0.2, 0.25) is 0 Å². The van der Waals surface area contributed by atoms with Crippen LogP contribution in [0, 0.1) is 0 Å². The summed E-state index contributed by atoms with van der Waals surface area (Å²) >= 11 is 0. The van der Waals surface area contributed by atoms with Crippen molar-refractivity contribution in [1.82, 2.24) is 0 Å². The Balaban J connectivity index is 4.31. The van der Waals surface area contributed by atoms with Gasteiger partial charge in [-0.05, 0) is 44.9 Å². The van der Waals surface area contributed by atoms with Crippen LogP contribution in [0.4, 0.5) is 0 Å². The van der Waals surface area contributed by atoms with Crippen LogP contribution in [-0.4, -0.2) is 37.2 Å². The van der Waals surface area contributed by atoms with E-state index in [2.05, 4.69) is 32.9 Å².